The largest absolute Gasteiger partial charge is 0.506 e. The molecule has 2 saturated carbocycles. The lowest BCUT2D eigenvalue weighted by atomic mass is 10.0. The minimum absolute atomic E-state index is 0.00312. The molecule has 19 heavy (non-hydrogen) atoms. The molecular weight excluding hydrogens is 246 g/mol. The lowest BCUT2D eigenvalue weighted by Gasteiger charge is -2.13. The molecule has 3 N–H and O–H groups in total. The standard InChI is InChI=1S/C14H15NO4/c16-12-2-1-7(14(18)19)6-11(12)15-13(17)10-4-8-3-9(8)5-10/h1-2,6,8-10,16H,3-5H2,(H,15,17)(H,18,19). The van der Waals surface area contributed by atoms with Crippen LogP contribution in [-0.4, -0.2) is 22.1 Å². The van der Waals surface area contributed by atoms with Gasteiger partial charge in [0.1, 0.15) is 5.75 Å². The molecule has 3 rings (SSSR count). The quantitative estimate of drug-likeness (QED) is 0.727. The maximum absolute atomic E-state index is 12.0. The Hall–Kier alpha value is -2.04. The Morgan fingerprint density at radius 3 is 2.47 bits per heavy atom. The first-order valence-electron chi connectivity index (χ1n) is 6.41. The summed E-state index contributed by atoms with van der Waals surface area (Å²) in [7, 11) is 0. The first-order valence-corrected chi connectivity index (χ1v) is 6.41. The van der Waals surface area contributed by atoms with E-state index in [-0.39, 0.29) is 28.8 Å². The highest BCUT2D eigenvalue weighted by atomic mass is 16.4. The summed E-state index contributed by atoms with van der Waals surface area (Å²) in [6.07, 6.45) is 3.06. The molecule has 2 atom stereocenters. The second kappa shape index (κ2) is 4.26. The Bertz CT molecular complexity index is 544. The molecule has 2 fully saturated rings. The van der Waals surface area contributed by atoms with Gasteiger partial charge in [-0.3, -0.25) is 4.79 Å². The molecule has 5 nitrogen and oxygen atoms in total. The molecular formula is C14H15NO4. The van der Waals surface area contributed by atoms with Gasteiger partial charge in [0.05, 0.1) is 11.3 Å². The van der Waals surface area contributed by atoms with Gasteiger partial charge >= 0.3 is 5.97 Å². The van der Waals surface area contributed by atoms with Gasteiger partial charge in [-0.25, -0.2) is 4.79 Å². The van der Waals surface area contributed by atoms with Gasteiger partial charge in [0.25, 0.3) is 0 Å². The average molecular weight is 261 g/mol. The summed E-state index contributed by atoms with van der Waals surface area (Å²) in [5, 5.41) is 21.2. The van der Waals surface area contributed by atoms with Crippen LogP contribution < -0.4 is 5.32 Å². The molecule has 5 heteroatoms. The summed E-state index contributed by atoms with van der Waals surface area (Å²) in [6, 6.07) is 3.87. The number of phenols is 1. The maximum atomic E-state index is 12.0. The van der Waals surface area contributed by atoms with Gasteiger partial charge < -0.3 is 15.5 Å². The van der Waals surface area contributed by atoms with Crippen LogP contribution in [0.4, 0.5) is 5.69 Å². The van der Waals surface area contributed by atoms with Gasteiger partial charge in [-0.2, -0.15) is 0 Å². The SMILES string of the molecule is O=C(O)c1ccc(O)c(NC(=O)C2CC3CC3C2)c1. The average Bonchev–Trinajstić information content (AvgIpc) is 2.98. The number of hydrogen-bond donors (Lipinski definition) is 3. The molecule has 100 valence electrons. The summed E-state index contributed by atoms with van der Waals surface area (Å²) in [4.78, 5) is 22.9. The van der Waals surface area contributed by atoms with Crippen LogP contribution in [0.2, 0.25) is 0 Å². The lowest BCUT2D eigenvalue weighted by Crippen LogP contribution is -2.21. The molecule has 0 aromatic heterocycles. The van der Waals surface area contributed by atoms with Gasteiger partial charge in [-0.05, 0) is 49.3 Å². The fourth-order valence-electron chi connectivity index (χ4n) is 2.93. The number of anilines is 1. The van der Waals surface area contributed by atoms with E-state index in [0.717, 1.165) is 12.8 Å². The van der Waals surface area contributed by atoms with Crippen molar-refractivity contribution in [3.05, 3.63) is 23.8 Å². The highest BCUT2D eigenvalue weighted by Gasteiger charge is 2.48. The number of fused-ring (bicyclic) bond motifs is 1. The van der Waals surface area contributed by atoms with E-state index in [1.807, 2.05) is 0 Å². The van der Waals surface area contributed by atoms with E-state index < -0.39 is 5.97 Å². The molecule has 0 aliphatic heterocycles. The number of carbonyl (C=O) groups is 2. The molecule has 1 aromatic rings. The number of carboxylic acid groups (broad SMARTS) is 1. The minimum Gasteiger partial charge on any atom is -0.506 e. The zero-order valence-electron chi connectivity index (χ0n) is 10.3. The van der Waals surface area contributed by atoms with E-state index in [9.17, 15) is 14.7 Å². The summed E-state index contributed by atoms with van der Waals surface area (Å²) < 4.78 is 0. The number of hydrogen-bond acceptors (Lipinski definition) is 3. The van der Waals surface area contributed by atoms with E-state index in [4.69, 9.17) is 5.11 Å². The predicted molar refractivity (Wildman–Crippen MR) is 68.0 cm³/mol. The second-order valence-electron chi connectivity index (χ2n) is 5.45. The van der Waals surface area contributed by atoms with Crippen molar-refractivity contribution < 1.29 is 19.8 Å². The van der Waals surface area contributed by atoms with Crippen LogP contribution in [0.5, 0.6) is 5.75 Å². The summed E-state index contributed by atoms with van der Waals surface area (Å²) >= 11 is 0. The summed E-state index contributed by atoms with van der Waals surface area (Å²) in [5.41, 5.74) is 0.216. The first kappa shape index (κ1) is 12.0. The smallest absolute Gasteiger partial charge is 0.335 e. The van der Waals surface area contributed by atoms with E-state index in [0.29, 0.717) is 11.8 Å². The number of carboxylic acids is 1. The van der Waals surface area contributed by atoms with Crippen molar-refractivity contribution in [1.29, 1.82) is 0 Å². The van der Waals surface area contributed by atoms with E-state index in [1.165, 1.54) is 24.6 Å². The zero-order valence-corrected chi connectivity index (χ0v) is 10.3. The zero-order chi connectivity index (χ0) is 13.6. The van der Waals surface area contributed by atoms with E-state index in [2.05, 4.69) is 5.32 Å². The Labute approximate surface area is 110 Å². The number of carbonyl (C=O) groups excluding carboxylic acids is 1. The monoisotopic (exact) mass is 261 g/mol. The molecule has 0 radical (unpaired) electrons. The summed E-state index contributed by atoms with van der Waals surface area (Å²) in [6.45, 7) is 0. The van der Waals surface area contributed by atoms with E-state index in [1.54, 1.807) is 0 Å². The fourth-order valence-corrected chi connectivity index (χ4v) is 2.93. The van der Waals surface area contributed by atoms with Gasteiger partial charge in [-0.1, -0.05) is 0 Å². The van der Waals surface area contributed by atoms with Crippen molar-refractivity contribution in [3.8, 4) is 5.75 Å². The second-order valence-corrected chi connectivity index (χ2v) is 5.45. The van der Waals surface area contributed by atoms with Crippen LogP contribution in [0.25, 0.3) is 0 Å². The van der Waals surface area contributed by atoms with Crippen LogP contribution in [0, 0.1) is 17.8 Å². The molecule has 1 aromatic carbocycles. The molecule has 2 aliphatic rings. The Kier molecular flexibility index (Phi) is 2.69. The van der Waals surface area contributed by atoms with Gasteiger partial charge in [-0.15, -0.1) is 0 Å². The third-order valence-corrected chi connectivity index (χ3v) is 4.12. The molecule has 0 saturated heterocycles. The van der Waals surface area contributed by atoms with Crippen molar-refractivity contribution in [2.75, 3.05) is 5.32 Å². The van der Waals surface area contributed by atoms with Crippen molar-refractivity contribution in [2.24, 2.45) is 17.8 Å². The van der Waals surface area contributed by atoms with Crippen LogP contribution in [0.15, 0.2) is 18.2 Å². The molecule has 2 aliphatic carbocycles. The number of aromatic carboxylic acids is 1. The van der Waals surface area contributed by atoms with Crippen LogP contribution in [0.1, 0.15) is 29.6 Å². The van der Waals surface area contributed by atoms with E-state index >= 15 is 0 Å². The molecule has 0 heterocycles. The van der Waals surface area contributed by atoms with Crippen LogP contribution in [0.3, 0.4) is 0 Å². The number of aromatic hydroxyl groups is 1. The topological polar surface area (TPSA) is 86.6 Å². The number of benzene rings is 1. The third kappa shape index (κ3) is 2.28. The van der Waals surface area contributed by atoms with Gasteiger partial charge in [0, 0.05) is 5.92 Å². The number of amides is 1. The fraction of sp³-hybridized carbons (Fsp3) is 0.429. The van der Waals surface area contributed by atoms with Gasteiger partial charge in [0.2, 0.25) is 5.91 Å². The Morgan fingerprint density at radius 2 is 1.84 bits per heavy atom. The van der Waals surface area contributed by atoms with Crippen molar-refractivity contribution in [3.63, 3.8) is 0 Å². The minimum atomic E-state index is -1.09. The number of nitrogens with one attached hydrogen (secondary N) is 1. The summed E-state index contributed by atoms with van der Waals surface area (Å²) in [5.74, 6) is 0.0881. The van der Waals surface area contributed by atoms with Crippen LogP contribution >= 0.6 is 0 Å². The molecule has 1 amide bonds. The Morgan fingerprint density at radius 1 is 1.16 bits per heavy atom. The lowest BCUT2D eigenvalue weighted by molar-refractivity contribution is -0.120. The number of rotatable bonds is 3. The third-order valence-electron chi connectivity index (χ3n) is 4.12. The van der Waals surface area contributed by atoms with Crippen molar-refractivity contribution in [1.82, 2.24) is 0 Å². The van der Waals surface area contributed by atoms with Gasteiger partial charge in [0.15, 0.2) is 0 Å². The van der Waals surface area contributed by atoms with Crippen molar-refractivity contribution >= 4 is 17.6 Å². The molecule has 0 spiro atoms. The van der Waals surface area contributed by atoms with Crippen LogP contribution in [-0.2, 0) is 4.79 Å². The molecule has 2 unspecified atom stereocenters. The molecule has 0 bridgehead atoms. The predicted octanol–water partition coefficient (Wildman–Crippen LogP) is 2.07. The highest BCUT2D eigenvalue weighted by molar-refractivity contribution is 5.96. The Balaban J connectivity index is 1.73. The normalized spacial score (nSPS) is 27.7. The van der Waals surface area contributed by atoms with Crippen molar-refractivity contribution in [2.45, 2.75) is 19.3 Å². The number of phenolic OH excluding ortho intramolecular Hbond substituents is 1. The maximum Gasteiger partial charge on any atom is 0.335 e. The first-order chi connectivity index (χ1) is 9.04. The highest BCUT2D eigenvalue weighted by Crippen LogP contribution is 2.54.